The Morgan fingerprint density at radius 3 is 3.06 bits per heavy atom. The van der Waals surface area contributed by atoms with Gasteiger partial charge in [0.25, 0.3) is 0 Å². The lowest BCUT2D eigenvalue weighted by Crippen LogP contribution is -2.16. The molecular formula is C14H14BrN3. The predicted octanol–water partition coefficient (Wildman–Crippen LogP) is 2.73. The van der Waals surface area contributed by atoms with Crippen LogP contribution in [0.3, 0.4) is 0 Å². The van der Waals surface area contributed by atoms with E-state index in [0.717, 1.165) is 43.3 Å². The number of pyridine rings is 1. The van der Waals surface area contributed by atoms with Gasteiger partial charge in [-0.3, -0.25) is 0 Å². The number of rotatable bonds is 1. The zero-order valence-corrected chi connectivity index (χ0v) is 11.6. The van der Waals surface area contributed by atoms with Crippen LogP contribution in [0.25, 0.3) is 5.57 Å². The Balaban J connectivity index is 1.89. The summed E-state index contributed by atoms with van der Waals surface area (Å²) in [7, 11) is 0. The lowest BCUT2D eigenvalue weighted by Gasteiger charge is -2.24. The van der Waals surface area contributed by atoms with Crippen LogP contribution >= 0.6 is 15.9 Å². The van der Waals surface area contributed by atoms with Crippen molar-refractivity contribution in [3.8, 4) is 6.07 Å². The largest absolute Gasteiger partial charge is 0.316 e. The molecule has 2 heterocycles. The highest BCUT2D eigenvalue weighted by atomic mass is 79.9. The zero-order chi connectivity index (χ0) is 12.5. The van der Waals surface area contributed by atoms with Gasteiger partial charge in [0.1, 0.15) is 10.7 Å². The van der Waals surface area contributed by atoms with Crippen LogP contribution < -0.4 is 5.32 Å². The third-order valence-electron chi connectivity index (χ3n) is 3.96. The average molecular weight is 304 g/mol. The summed E-state index contributed by atoms with van der Waals surface area (Å²) in [5, 5.41) is 12.5. The van der Waals surface area contributed by atoms with Crippen LogP contribution in [0.2, 0.25) is 0 Å². The normalized spacial score (nSPS) is 26.3. The fourth-order valence-corrected chi connectivity index (χ4v) is 3.20. The van der Waals surface area contributed by atoms with Gasteiger partial charge in [-0.2, -0.15) is 5.26 Å². The third-order valence-corrected chi connectivity index (χ3v) is 4.59. The first-order valence-electron chi connectivity index (χ1n) is 6.23. The van der Waals surface area contributed by atoms with Crippen molar-refractivity contribution < 1.29 is 0 Å². The Morgan fingerprint density at radius 2 is 2.22 bits per heavy atom. The number of allylic oxidation sites excluding steroid dienone is 2. The Kier molecular flexibility index (Phi) is 3.19. The average Bonchev–Trinajstić information content (AvgIpc) is 2.86. The van der Waals surface area contributed by atoms with Gasteiger partial charge in [0, 0.05) is 6.20 Å². The van der Waals surface area contributed by atoms with E-state index < -0.39 is 0 Å². The Labute approximate surface area is 115 Å². The Bertz CT molecular complexity index is 544. The first-order chi connectivity index (χ1) is 8.78. The first kappa shape index (κ1) is 11.9. The van der Waals surface area contributed by atoms with Crippen molar-refractivity contribution >= 4 is 21.5 Å². The molecule has 0 saturated carbocycles. The number of nitrogens with zero attached hydrogens (tertiary/aromatic N) is 2. The minimum absolute atomic E-state index is 0.611. The van der Waals surface area contributed by atoms with Gasteiger partial charge in [-0.15, -0.1) is 0 Å². The number of nitrogens with one attached hydrogen (secondary N) is 1. The van der Waals surface area contributed by atoms with Crippen molar-refractivity contribution in [1.82, 2.24) is 10.3 Å². The summed E-state index contributed by atoms with van der Waals surface area (Å²) in [6.45, 7) is 2.27. The lowest BCUT2D eigenvalue weighted by molar-refractivity contribution is 0.418. The van der Waals surface area contributed by atoms with Crippen LogP contribution in [-0.4, -0.2) is 18.1 Å². The summed E-state index contributed by atoms with van der Waals surface area (Å²) < 4.78 is 0.630. The molecule has 92 valence electrons. The van der Waals surface area contributed by atoms with E-state index >= 15 is 0 Å². The van der Waals surface area contributed by atoms with Crippen LogP contribution in [0.4, 0.5) is 0 Å². The highest BCUT2D eigenvalue weighted by Gasteiger charge is 2.30. The van der Waals surface area contributed by atoms with Gasteiger partial charge in [-0.1, -0.05) is 6.08 Å². The molecule has 0 spiro atoms. The molecule has 3 nitrogen and oxygen atoms in total. The first-order valence-corrected chi connectivity index (χ1v) is 7.03. The van der Waals surface area contributed by atoms with Gasteiger partial charge < -0.3 is 5.32 Å². The second kappa shape index (κ2) is 4.83. The van der Waals surface area contributed by atoms with Crippen molar-refractivity contribution in [1.29, 1.82) is 5.26 Å². The number of hydrogen-bond acceptors (Lipinski definition) is 3. The summed E-state index contributed by atoms with van der Waals surface area (Å²) in [5.74, 6) is 1.55. The number of nitriles is 1. The van der Waals surface area contributed by atoms with Crippen molar-refractivity contribution in [3.63, 3.8) is 0 Å². The fraction of sp³-hybridized carbons (Fsp3) is 0.429. The second-order valence-electron chi connectivity index (χ2n) is 5.02. The van der Waals surface area contributed by atoms with Crippen molar-refractivity contribution in [2.75, 3.05) is 13.1 Å². The molecule has 4 heteroatoms. The summed E-state index contributed by atoms with van der Waals surface area (Å²) >= 11 is 3.30. The van der Waals surface area contributed by atoms with Gasteiger partial charge in [-0.05, 0) is 70.9 Å². The minimum atomic E-state index is 0.611. The minimum Gasteiger partial charge on any atom is -0.316 e. The van der Waals surface area contributed by atoms with E-state index in [1.807, 2.05) is 12.3 Å². The maximum Gasteiger partial charge on any atom is 0.123 e. The molecule has 1 saturated heterocycles. The van der Waals surface area contributed by atoms with Gasteiger partial charge in [0.05, 0.1) is 5.56 Å². The Hall–Kier alpha value is -1.18. The molecule has 0 aromatic carbocycles. The standard InChI is InChI=1S/C14H14BrN3/c15-14-11(5-16)4-13(8-18-14)9-1-2-10-6-17-7-12(10)3-9/h1,4,8,10,12,17H,2-3,6-7H2/t10-,12+/m0/s1. The summed E-state index contributed by atoms with van der Waals surface area (Å²) in [4.78, 5) is 4.25. The number of halogens is 1. The Morgan fingerprint density at radius 1 is 1.39 bits per heavy atom. The topological polar surface area (TPSA) is 48.7 Å². The lowest BCUT2D eigenvalue weighted by atomic mass is 9.80. The van der Waals surface area contributed by atoms with E-state index in [1.54, 1.807) is 0 Å². The van der Waals surface area contributed by atoms with Crippen LogP contribution in [0.15, 0.2) is 22.9 Å². The summed E-state index contributed by atoms with van der Waals surface area (Å²) in [5.41, 5.74) is 3.05. The molecule has 0 bridgehead atoms. The second-order valence-corrected chi connectivity index (χ2v) is 5.77. The molecule has 18 heavy (non-hydrogen) atoms. The van der Waals surface area contributed by atoms with Crippen LogP contribution in [0.1, 0.15) is 24.0 Å². The van der Waals surface area contributed by atoms with Gasteiger partial charge in [0.15, 0.2) is 0 Å². The molecular weight excluding hydrogens is 290 g/mol. The van der Waals surface area contributed by atoms with Gasteiger partial charge in [-0.25, -0.2) is 4.98 Å². The highest BCUT2D eigenvalue weighted by Crippen LogP contribution is 2.36. The molecule has 1 aromatic rings. The smallest absolute Gasteiger partial charge is 0.123 e. The maximum absolute atomic E-state index is 9.04. The molecule has 2 aliphatic rings. The van der Waals surface area contributed by atoms with Crippen LogP contribution in [0.5, 0.6) is 0 Å². The third kappa shape index (κ3) is 2.09. The summed E-state index contributed by atoms with van der Waals surface area (Å²) in [6, 6.07) is 4.11. The summed E-state index contributed by atoms with van der Waals surface area (Å²) in [6.07, 6.45) is 6.43. The van der Waals surface area contributed by atoms with E-state index in [0.29, 0.717) is 10.2 Å². The zero-order valence-electron chi connectivity index (χ0n) is 9.99. The predicted molar refractivity (Wildman–Crippen MR) is 73.7 cm³/mol. The van der Waals surface area contributed by atoms with Gasteiger partial charge >= 0.3 is 0 Å². The molecule has 0 radical (unpaired) electrons. The molecule has 0 unspecified atom stereocenters. The molecule has 1 aliphatic carbocycles. The molecule has 1 N–H and O–H groups in total. The monoisotopic (exact) mass is 303 g/mol. The molecule has 1 aliphatic heterocycles. The maximum atomic E-state index is 9.04. The fourth-order valence-electron chi connectivity index (χ4n) is 2.90. The molecule has 1 fully saturated rings. The van der Waals surface area contributed by atoms with E-state index in [-0.39, 0.29) is 0 Å². The van der Waals surface area contributed by atoms with E-state index in [2.05, 4.69) is 38.4 Å². The molecule has 2 atom stereocenters. The SMILES string of the molecule is N#Cc1cc(C2=CC[C@H]3CNC[C@H]3C2)cnc1Br. The van der Waals surface area contributed by atoms with Crippen molar-refractivity contribution in [3.05, 3.63) is 34.1 Å². The number of aromatic nitrogens is 1. The quantitative estimate of drug-likeness (QED) is 0.812. The van der Waals surface area contributed by atoms with E-state index in [9.17, 15) is 0 Å². The number of fused-ring (bicyclic) bond motifs is 1. The van der Waals surface area contributed by atoms with Crippen LogP contribution in [-0.2, 0) is 0 Å². The number of hydrogen-bond donors (Lipinski definition) is 1. The molecule has 3 rings (SSSR count). The van der Waals surface area contributed by atoms with E-state index in [1.165, 1.54) is 5.57 Å². The molecule has 0 amide bonds. The molecule has 1 aromatic heterocycles. The highest BCUT2D eigenvalue weighted by molar-refractivity contribution is 9.10. The van der Waals surface area contributed by atoms with Crippen molar-refractivity contribution in [2.24, 2.45) is 11.8 Å². The van der Waals surface area contributed by atoms with Gasteiger partial charge in [0.2, 0.25) is 0 Å². The van der Waals surface area contributed by atoms with Crippen molar-refractivity contribution in [2.45, 2.75) is 12.8 Å². The van der Waals surface area contributed by atoms with Crippen LogP contribution in [0, 0.1) is 23.2 Å². The van der Waals surface area contributed by atoms with E-state index in [4.69, 9.17) is 5.26 Å².